The van der Waals surface area contributed by atoms with Crippen LogP contribution in [0.2, 0.25) is 5.02 Å². The van der Waals surface area contributed by atoms with E-state index in [-0.39, 0.29) is 31.4 Å². The third kappa shape index (κ3) is 7.43. The Morgan fingerprint density at radius 1 is 1.14 bits per heavy atom. The van der Waals surface area contributed by atoms with Crippen molar-refractivity contribution in [2.75, 3.05) is 25.5 Å². The number of imidazole rings is 1. The molecule has 0 aliphatic carbocycles. The SMILES string of the molecule is C.CN(C(=O)CCc1cccc(F)c1Cl)[C@@H](CCc1ncc2n1CCNC2)COC(=O)Nc1cc2ccccc2cn1. The quantitative estimate of drug-likeness (QED) is 0.248. The second-order valence-electron chi connectivity index (χ2n) is 10.0. The Morgan fingerprint density at radius 3 is 2.79 bits per heavy atom. The van der Waals surface area contributed by atoms with Gasteiger partial charge >= 0.3 is 6.09 Å². The Hall–Kier alpha value is -4.02. The van der Waals surface area contributed by atoms with E-state index in [4.69, 9.17) is 16.3 Å². The third-order valence-electron chi connectivity index (χ3n) is 7.39. The van der Waals surface area contributed by atoms with E-state index in [2.05, 4.69) is 25.2 Å². The molecule has 1 atom stereocenters. The number of carbonyl (C=O) groups excluding carboxylic acids is 2. The van der Waals surface area contributed by atoms with Crippen molar-refractivity contribution in [1.29, 1.82) is 0 Å². The number of nitrogens with one attached hydrogen (secondary N) is 2. The second-order valence-corrected chi connectivity index (χ2v) is 10.4. The first-order valence-electron chi connectivity index (χ1n) is 13.6. The number of fused-ring (bicyclic) bond motifs is 2. The van der Waals surface area contributed by atoms with Gasteiger partial charge in [0, 0.05) is 57.3 Å². The van der Waals surface area contributed by atoms with Crippen molar-refractivity contribution in [3.63, 3.8) is 0 Å². The van der Waals surface area contributed by atoms with Crippen molar-refractivity contribution in [1.82, 2.24) is 24.8 Å². The van der Waals surface area contributed by atoms with Gasteiger partial charge < -0.3 is 19.5 Å². The number of anilines is 1. The highest BCUT2D eigenvalue weighted by Crippen LogP contribution is 2.22. The average Bonchev–Trinajstić information content (AvgIpc) is 3.40. The second kappa shape index (κ2) is 14.2. The van der Waals surface area contributed by atoms with Gasteiger partial charge in [-0.2, -0.15) is 0 Å². The number of ether oxygens (including phenoxy) is 1. The number of benzene rings is 2. The van der Waals surface area contributed by atoms with Gasteiger partial charge in [-0.25, -0.2) is 19.2 Å². The molecule has 2 aromatic carbocycles. The van der Waals surface area contributed by atoms with Gasteiger partial charge in [0.05, 0.1) is 16.8 Å². The lowest BCUT2D eigenvalue weighted by Gasteiger charge is -2.28. The van der Waals surface area contributed by atoms with Crippen LogP contribution in [-0.4, -0.2) is 57.7 Å². The average molecular weight is 595 g/mol. The molecule has 0 radical (unpaired) electrons. The van der Waals surface area contributed by atoms with Gasteiger partial charge in [-0.15, -0.1) is 0 Å². The smallest absolute Gasteiger partial charge is 0.412 e. The van der Waals surface area contributed by atoms with Crippen molar-refractivity contribution in [3.05, 3.63) is 88.8 Å². The number of pyridine rings is 1. The summed E-state index contributed by atoms with van der Waals surface area (Å²) in [5, 5.41) is 7.94. The van der Waals surface area contributed by atoms with Gasteiger partial charge in [-0.05, 0) is 35.9 Å². The normalized spacial score (nSPS) is 13.1. The molecule has 1 aliphatic heterocycles. The minimum Gasteiger partial charge on any atom is -0.447 e. The molecule has 4 aromatic rings. The van der Waals surface area contributed by atoms with Crippen molar-refractivity contribution in [2.45, 2.75) is 52.2 Å². The van der Waals surface area contributed by atoms with Crippen LogP contribution in [0.1, 0.15) is 37.4 Å². The maximum absolute atomic E-state index is 13.9. The molecule has 11 heteroatoms. The van der Waals surface area contributed by atoms with Crippen molar-refractivity contribution >= 4 is 40.2 Å². The summed E-state index contributed by atoms with van der Waals surface area (Å²) in [6.45, 7) is 2.45. The molecule has 0 unspecified atom stereocenters. The van der Waals surface area contributed by atoms with Gasteiger partial charge in [0.2, 0.25) is 5.91 Å². The monoisotopic (exact) mass is 594 g/mol. The number of aromatic nitrogens is 3. The molecular weight excluding hydrogens is 559 g/mol. The summed E-state index contributed by atoms with van der Waals surface area (Å²) in [7, 11) is 1.69. The largest absolute Gasteiger partial charge is 0.447 e. The Morgan fingerprint density at radius 2 is 1.95 bits per heavy atom. The van der Waals surface area contributed by atoms with Gasteiger partial charge in [0.15, 0.2) is 0 Å². The highest BCUT2D eigenvalue weighted by atomic mass is 35.5. The topological polar surface area (TPSA) is 101 Å². The molecule has 3 heterocycles. The van der Waals surface area contributed by atoms with E-state index >= 15 is 0 Å². The number of amides is 2. The molecule has 2 N–H and O–H groups in total. The lowest BCUT2D eigenvalue weighted by atomic mass is 10.1. The van der Waals surface area contributed by atoms with Crippen LogP contribution in [0.15, 0.2) is 60.9 Å². The van der Waals surface area contributed by atoms with E-state index in [1.165, 1.54) is 6.07 Å². The van der Waals surface area contributed by atoms with Crippen molar-refractivity contribution in [3.8, 4) is 0 Å². The first-order valence-corrected chi connectivity index (χ1v) is 14.0. The zero-order chi connectivity index (χ0) is 28.8. The predicted molar refractivity (Wildman–Crippen MR) is 162 cm³/mol. The summed E-state index contributed by atoms with van der Waals surface area (Å²) in [5.74, 6) is 0.634. The molecule has 9 nitrogen and oxygen atoms in total. The van der Waals surface area contributed by atoms with E-state index in [0.717, 1.165) is 41.9 Å². The van der Waals surface area contributed by atoms with Crippen LogP contribution >= 0.6 is 11.6 Å². The fourth-order valence-corrected chi connectivity index (χ4v) is 5.21. The first kappa shape index (κ1) is 30.9. The fraction of sp³-hybridized carbons (Fsp3) is 0.355. The maximum Gasteiger partial charge on any atom is 0.412 e. The van der Waals surface area contributed by atoms with Crippen molar-refractivity contribution in [2.24, 2.45) is 0 Å². The number of halogens is 2. The summed E-state index contributed by atoms with van der Waals surface area (Å²) >= 11 is 6.08. The van der Waals surface area contributed by atoms with Gasteiger partial charge in [-0.3, -0.25) is 10.1 Å². The van der Waals surface area contributed by atoms with E-state index in [1.54, 1.807) is 36.3 Å². The Kier molecular flexibility index (Phi) is 10.5. The highest BCUT2D eigenvalue weighted by Gasteiger charge is 2.24. The van der Waals surface area contributed by atoms with E-state index in [1.807, 2.05) is 30.5 Å². The summed E-state index contributed by atoms with van der Waals surface area (Å²) < 4.78 is 21.6. The maximum atomic E-state index is 13.9. The number of nitrogens with zero attached hydrogens (tertiary/aromatic N) is 4. The molecule has 5 rings (SSSR count). The lowest BCUT2D eigenvalue weighted by Crippen LogP contribution is -2.41. The van der Waals surface area contributed by atoms with E-state index in [9.17, 15) is 14.0 Å². The van der Waals surface area contributed by atoms with Crippen LogP contribution in [0.25, 0.3) is 10.8 Å². The van der Waals surface area contributed by atoms with Crippen LogP contribution in [-0.2, 0) is 35.5 Å². The number of carbonyl (C=O) groups is 2. The van der Waals surface area contributed by atoms with E-state index in [0.29, 0.717) is 30.6 Å². The molecule has 222 valence electrons. The van der Waals surface area contributed by atoms with Crippen LogP contribution in [0.3, 0.4) is 0 Å². The summed E-state index contributed by atoms with van der Waals surface area (Å²) in [4.78, 5) is 36.4. The predicted octanol–water partition coefficient (Wildman–Crippen LogP) is 5.60. The van der Waals surface area contributed by atoms with Gasteiger partial charge in [-0.1, -0.05) is 55.4 Å². The molecule has 42 heavy (non-hydrogen) atoms. The van der Waals surface area contributed by atoms with Crippen LogP contribution < -0.4 is 10.6 Å². The standard InChI is InChI=1S/C30H32ClFN6O3.CH4/c1-37(28(39)12-9-20-7-4-8-25(32)29(20)31)23(10-11-27-35-18-24-17-33-13-14-38(24)27)19-41-30(40)36-26-15-21-5-2-3-6-22(21)16-34-26;/h2-8,15-16,18,23,33H,9-14,17,19H2,1H3,(H,34,36,40);1H4/t23-;/m0./s1. The Labute approximate surface area is 250 Å². The van der Waals surface area contributed by atoms with Crippen LogP contribution in [0.4, 0.5) is 15.0 Å². The van der Waals surface area contributed by atoms with Gasteiger partial charge in [0.1, 0.15) is 24.1 Å². The highest BCUT2D eigenvalue weighted by molar-refractivity contribution is 6.31. The first-order chi connectivity index (χ1) is 19.9. The molecule has 1 aliphatic rings. The zero-order valence-corrected chi connectivity index (χ0v) is 23.5. The fourth-order valence-electron chi connectivity index (χ4n) is 4.99. The van der Waals surface area contributed by atoms with Crippen LogP contribution in [0, 0.1) is 5.82 Å². The molecular formula is C31H36ClFN6O3. The Bertz CT molecular complexity index is 1540. The number of hydrogen-bond donors (Lipinski definition) is 2. The minimum atomic E-state index is -0.658. The number of hydrogen-bond acceptors (Lipinski definition) is 6. The molecule has 0 bridgehead atoms. The molecule has 2 aromatic heterocycles. The molecule has 0 saturated heterocycles. The minimum absolute atomic E-state index is 0. The number of rotatable bonds is 10. The zero-order valence-electron chi connectivity index (χ0n) is 22.8. The summed E-state index contributed by atoms with van der Waals surface area (Å²) in [5.41, 5.74) is 1.69. The van der Waals surface area contributed by atoms with Crippen molar-refractivity contribution < 1.29 is 18.7 Å². The third-order valence-corrected chi connectivity index (χ3v) is 7.81. The molecule has 0 saturated carbocycles. The Balaban J connectivity index is 0.00000405. The number of likely N-dealkylation sites (N-methyl/N-ethyl adjacent to an activating group) is 1. The summed E-state index contributed by atoms with van der Waals surface area (Å²) in [6.07, 6.45) is 4.47. The number of aryl methyl sites for hydroxylation is 2. The summed E-state index contributed by atoms with van der Waals surface area (Å²) in [6, 6.07) is 13.7. The molecule has 0 fully saturated rings. The molecule has 2 amide bonds. The van der Waals surface area contributed by atoms with Crippen LogP contribution in [0.5, 0.6) is 0 Å². The van der Waals surface area contributed by atoms with Gasteiger partial charge in [0.25, 0.3) is 0 Å². The molecule has 0 spiro atoms. The van der Waals surface area contributed by atoms with E-state index < -0.39 is 18.0 Å². The lowest BCUT2D eigenvalue weighted by molar-refractivity contribution is -0.132.